The zero-order chi connectivity index (χ0) is 27.4. The predicted molar refractivity (Wildman–Crippen MR) is 144 cm³/mol. The summed E-state index contributed by atoms with van der Waals surface area (Å²) in [6, 6.07) is 0. The Bertz CT molecular complexity index is 835. The molecule has 1 spiro atoms. The standard InChI is InChI=1S/C29H52O7Si/c1-19(31)35-25-21(10-13-28(6)22(25)11-14-29(28)33-15-16-34-29)27(5)12-9-20(17-23(27)24(32)18-30)36-37(7,8)26(2,3)4/h20-25,30,32H,9-18H2,1-8H3/t20-,21?,22?,23+,24?,25+,27+,28-/m0/s1. The van der Waals surface area contributed by atoms with Gasteiger partial charge in [0.25, 0.3) is 0 Å². The molecular formula is C29H52O7Si. The molecule has 3 saturated carbocycles. The number of ether oxygens (including phenoxy) is 3. The highest BCUT2D eigenvalue weighted by atomic mass is 28.4. The Morgan fingerprint density at radius 2 is 1.68 bits per heavy atom. The van der Waals surface area contributed by atoms with Crippen molar-refractivity contribution in [2.75, 3.05) is 19.8 Å². The second-order valence-corrected chi connectivity index (χ2v) is 19.1. The van der Waals surface area contributed by atoms with E-state index < -0.39 is 20.2 Å². The fourth-order valence-corrected chi connectivity index (χ4v) is 9.64. The molecule has 3 unspecified atom stereocenters. The second kappa shape index (κ2) is 10.1. The first-order valence-electron chi connectivity index (χ1n) is 14.5. The van der Waals surface area contributed by atoms with Gasteiger partial charge in [-0.3, -0.25) is 4.79 Å². The average molecular weight is 541 g/mol. The van der Waals surface area contributed by atoms with Gasteiger partial charge in [-0.2, -0.15) is 0 Å². The predicted octanol–water partition coefficient (Wildman–Crippen LogP) is 5.04. The van der Waals surface area contributed by atoms with Gasteiger partial charge in [-0.1, -0.05) is 34.6 Å². The highest BCUT2D eigenvalue weighted by molar-refractivity contribution is 6.74. The van der Waals surface area contributed by atoms with Crippen LogP contribution >= 0.6 is 0 Å². The third-order valence-corrected chi connectivity index (χ3v) is 16.0. The number of rotatable bonds is 6. The minimum atomic E-state index is -1.98. The van der Waals surface area contributed by atoms with Crippen LogP contribution in [0.2, 0.25) is 18.1 Å². The third-order valence-electron chi connectivity index (χ3n) is 11.4. The van der Waals surface area contributed by atoms with Crippen molar-refractivity contribution in [3.8, 4) is 0 Å². The molecule has 4 rings (SSSR count). The Kier molecular flexibility index (Phi) is 8.08. The first kappa shape index (κ1) is 29.5. The van der Waals surface area contributed by atoms with Crippen molar-refractivity contribution in [1.29, 1.82) is 0 Å². The molecule has 0 aromatic carbocycles. The minimum Gasteiger partial charge on any atom is -0.462 e. The molecule has 4 aliphatic rings. The maximum Gasteiger partial charge on any atom is 0.302 e. The van der Waals surface area contributed by atoms with E-state index in [9.17, 15) is 15.0 Å². The number of carbonyl (C=O) groups excluding carboxylic acids is 1. The van der Waals surface area contributed by atoms with Crippen molar-refractivity contribution in [3.05, 3.63) is 0 Å². The van der Waals surface area contributed by atoms with Crippen molar-refractivity contribution in [2.24, 2.45) is 28.6 Å². The number of carbonyl (C=O) groups is 1. The lowest BCUT2D eigenvalue weighted by molar-refractivity contribution is -0.254. The van der Waals surface area contributed by atoms with Crippen LogP contribution in [0, 0.1) is 28.6 Å². The lowest BCUT2D eigenvalue weighted by Crippen LogP contribution is -2.59. The minimum absolute atomic E-state index is 0.0660. The molecule has 4 fully saturated rings. The van der Waals surface area contributed by atoms with Gasteiger partial charge in [0.05, 0.1) is 25.9 Å². The molecule has 0 bridgehead atoms. The third kappa shape index (κ3) is 4.97. The Balaban J connectivity index is 1.63. The monoisotopic (exact) mass is 540 g/mol. The van der Waals surface area contributed by atoms with E-state index in [-0.39, 0.29) is 58.4 Å². The Hall–Kier alpha value is -0.513. The van der Waals surface area contributed by atoms with Gasteiger partial charge in [0.1, 0.15) is 6.10 Å². The van der Waals surface area contributed by atoms with Gasteiger partial charge in [0.15, 0.2) is 14.1 Å². The molecule has 8 heteroatoms. The van der Waals surface area contributed by atoms with Crippen LogP contribution in [0.5, 0.6) is 0 Å². The van der Waals surface area contributed by atoms with E-state index in [1.165, 1.54) is 6.92 Å². The lowest BCUT2D eigenvalue weighted by Gasteiger charge is -2.58. The molecule has 8 atom stereocenters. The highest BCUT2D eigenvalue weighted by Gasteiger charge is 2.68. The number of hydrogen-bond donors (Lipinski definition) is 2. The molecule has 37 heavy (non-hydrogen) atoms. The Labute approximate surface area is 225 Å². The first-order chi connectivity index (χ1) is 17.1. The summed E-state index contributed by atoms with van der Waals surface area (Å²) in [6.45, 7) is 18.3. The molecule has 3 aliphatic carbocycles. The molecule has 0 aromatic rings. The summed E-state index contributed by atoms with van der Waals surface area (Å²) in [5.41, 5.74) is -0.506. The van der Waals surface area contributed by atoms with Crippen LogP contribution in [0.1, 0.15) is 86.5 Å². The van der Waals surface area contributed by atoms with Crippen LogP contribution in [0.25, 0.3) is 0 Å². The van der Waals surface area contributed by atoms with E-state index in [1.807, 2.05) is 0 Å². The number of aliphatic hydroxyl groups is 2. The molecule has 7 nitrogen and oxygen atoms in total. The molecule has 1 heterocycles. The van der Waals surface area contributed by atoms with Crippen molar-refractivity contribution >= 4 is 14.3 Å². The number of hydrogen-bond acceptors (Lipinski definition) is 7. The van der Waals surface area contributed by atoms with E-state index in [0.717, 1.165) is 38.5 Å². The smallest absolute Gasteiger partial charge is 0.302 e. The fraction of sp³-hybridized carbons (Fsp3) is 0.966. The van der Waals surface area contributed by atoms with E-state index in [4.69, 9.17) is 18.6 Å². The van der Waals surface area contributed by atoms with Crippen LogP contribution in [-0.4, -0.2) is 68.4 Å². The zero-order valence-corrected chi connectivity index (χ0v) is 25.5. The lowest BCUT2D eigenvalue weighted by atomic mass is 9.51. The summed E-state index contributed by atoms with van der Waals surface area (Å²) in [6.07, 6.45) is 4.99. The topological polar surface area (TPSA) is 94.5 Å². The normalized spacial score (nSPS) is 41.0. The van der Waals surface area contributed by atoms with Gasteiger partial charge in [-0.05, 0) is 68.0 Å². The van der Waals surface area contributed by atoms with Gasteiger partial charge in [-0.15, -0.1) is 0 Å². The molecule has 214 valence electrons. The van der Waals surface area contributed by atoms with Crippen LogP contribution in [0.4, 0.5) is 0 Å². The van der Waals surface area contributed by atoms with E-state index in [2.05, 4.69) is 47.7 Å². The van der Waals surface area contributed by atoms with Gasteiger partial charge >= 0.3 is 5.97 Å². The van der Waals surface area contributed by atoms with Crippen LogP contribution in [0.15, 0.2) is 0 Å². The van der Waals surface area contributed by atoms with Crippen molar-refractivity contribution in [3.63, 3.8) is 0 Å². The molecule has 0 amide bonds. The van der Waals surface area contributed by atoms with Gasteiger partial charge in [-0.25, -0.2) is 0 Å². The summed E-state index contributed by atoms with van der Waals surface area (Å²) in [4.78, 5) is 12.4. The van der Waals surface area contributed by atoms with Gasteiger partial charge in [0.2, 0.25) is 0 Å². The average Bonchev–Trinajstić information content (AvgIpc) is 3.39. The number of esters is 1. The first-order valence-corrected chi connectivity index (χ1v) is 17.4. The summed E-state index contributed by atoms with van der Waals surface area (Å²) in [5, 5.41) is 21.4. The SMILES string of the molecule is CC(=O)O[C@H]1C2CCC3(OCCO3)[C@@]2(C)CCC1[C@@]1(C)CC[C@H](O[Si](C)(C)C(C)(C)C)C[C@@H]1C(O)CO. The summed E-state index contributed by atoms with van der Waals surface area (Å²) in [7, 11) is -1.98. The summed E-state index contributed by atoms with van der Waals surface area (Å²) >= 11 is 0. The van der Waals surface area contributed by atoms with Crippen LogP contribution in [0.3, 0.4) is 0 Å². The summed E-state index contributed by atoms with van der Waals surface area (Å²) in [5.74, 6) is -0.751. The number of aliphatic hydroxyl groups excluding tert-OH is 2. The molecule has 0 radical (unpaired) electrons. The Morgan fingerprint density at radius 3 is 2.24 bits per heavy atom. The molecular weight excluding hydrogens is 488 g/mol. The summed E-state index contributed by atoms with van der Waals surface area (Å²) < 4.78 is 25.5. The fourth-order valence-electron chi connectivity index (χ4n) is 8.24. The van der Waals surface area contributed by atoms with E-state index in [0.29, 0.717) is 19.6 Å². The van der Waals surface area contributed by atoms with Crippen LogP contribution in [-0.2, 0) is 23.4 Å². The Morgan fingerprint density at radius 1 is 1.05 bits per heavy atom. The zero-order valence-electron chi connectivity index (χ0n) is 24.5. The quantitative estimate of drug-likeness (QED) is 0.360. The van der Waals surface area contributed by atoms with Gasteiger partial charge in [0, 0.05) is 36.7 Å². The molecule has 0 aromatic heterocycles. The van der Waals surface area contributed by atoms with Crippen molar-refractivity contribution in [1.82, 2.24) is 0 Å². The maximum atomic E-state index is 12.4. The van der Waals surface area contributed by atoms with Crippen molar-refractivity contribution < 1.29 is 33.6 Å². The van der Waals surface area contributed by atoms with E-state index in [1.54, 1.807) is 0 Å². The van der Waals surface area contributed by atoms with Crippen molar-refractivity contribution in [2.45, 2.75) is 129 Å². The molecule has 1 saturated heterocycles. The molecule has 1 aliphatic heterocycles. The number of fused-ring (bicyclic) bond motifs is 2. The second-order valence-electron chi connectivity index (χ2n) is 14.4. The molecule has 2 N–H and O–H groups in total. The highest BCUT2D eigenvalue weighted by Crippen LogP contribution is 2.65. The van der Waals surface area contributed by atoms with E-state index >= 15 is 0 Å². The maximum absolute atomic E-state index is 12.4. The van der Waals surface area contributed by atoms with Crippen LogP contribution < -0.4 is 0 Å². The largest absolute Gasteiger partial charge is 0.462 e. The van der Waals surface area contributed by atoms with Gasteiger partial charge < -0.3 is 28.8 Å².